The zero-order valence-corrected chi connectivity index (χ0v) is 13.6. The molecule has 0 aliphatic rings. The molecule has 118 valence electrons. The summed E-state index contributed by atoms with van der Waals surface area (Å²) in [7, 11) is -0.570. The molecule has 6 heteroatoms. The van der Waals surface area contributed by atoms with Gasteiger partial charge in [-0.05, 0) is 18.6 Å². The third-order valence-electron chi connectivity index (χ3n) is 2.98. The van der Waals surface area contributed by atoms with Gasteiger partial charge in [0.1, 0.15) is 16.4 Å². The molecule has 5 nitrogen and oxygen atoms in total. The van der Waals surface area contributed by atoms with Gasteiger partial charge in [-0.25, -0.2) is 8.42 Å². The average molecular weight is 313 g/mol. The molecule has 0 fully saturated rings. The number of benzene rings is 1. The highest BCUT2D eigenvalue weighted by Crippen LogP contribution is 2.30. The normalized spacial score (nSPS) is 11.4. The van der Waals surface area contributed by atoms with Crippen molar-refractivity contribution in [2.24, 2.45) is 0 Å². The van der Waals surface area contributed by atoms with Gasteiger partial charge in [0.05, 0.1) is 13.7 Å². The molecular weight excluding hydrogens is 290 g/mol. The summed E-state index contributed by atoms with van der Waals surface area (Å²) >= 11 is 0. The van der Waals surface area contributed by atoms with Gasteiger partial charge < -0.3 is 9.47 Å². The monoisotopic (exact) mass is 313 g/mol. The van der Waals surface area contributed by atoms with Gasteiger partial charge in [-0.3, -0.25) is 0 Å². The SMILES string of the molecule is C=CCN(C)S(=O)(=O)c1ccc(OC)cc1OCCCC. The van der Waals surface area contributed by atoms with Crippen molar-refractivity contribution in [3.8, 4) is 11.5 Å². The molecule has 0 aliphatic carbocycles. The molecule has 0 amide bonds. The number of hydrogen-bond donors (Lipinski definition) is 0. The zero-order valence-electron chi connectivity index (χ0n) is 12.8. The van der Waals surface area contributed by atoms with Crippen LogP contribution >= 0.6 is 0 Å². The largest absolute Gasteiger partial charge is 0.497 e. The minimum absolute atomic E-state index is 0.142. The Bertz CT molecular complexity index is 569. The van der Waals surface area contributed by atoms with Crippen molar-refractivity contribution in [1.82, 2.24) is 4.31 Å². The summed E-state index contributed by atoms with van der Waals surface area (Å²) in [6.45, 7) is 6.32. The Morgan fingerprint density at radius 1 is 1.38 bits per heavy atom. The van der Waals surface area contributed by atoms with E-state index >= 15 is 0 Å². The Hall–Kier alpha value is -1.53. The topological polar surface area (TPSA) is 55.8 Å². The quantitative estimate of drug-likeness (QED) is 0.519. The van der Waals surface area contributed by atoms with Crippen LogP contribution in [0.4, 0.5) is 0 Å². The Labute approximate surface area is 127 Å². The van der Waals surface area contributed by atoms with Gasteiger partial charge in [0, 0.05) is 19.7 Å². The number of likely N-dealkylation sites (N-methyl/N-ethyl adjacent to an activating group) is 1. The second-order valence-electron chi connectivity index (χ2n) is 4.59. The van der Waals surface area contributed by atoms with Crippen molar-refractivity contribution in [1.29, 1.82) is 0 Å². The predicted molar refractivity (Wildman–Crippen MR) is 83.4 cm³/mol. The van der Waals surface area contributed by atoms with E-state index in [0.29, 0.717) is 18.1 Å². The Kier molecular flexibility index (Phi) is 6.71. The molecule has 1 aromatic carbocycles. The lowest BCUT2D eigenvalue weighted by Crippen LogP contribution is -2.27. The molecule has 0 heterocycles. The molecule has 0 atom stereocenters. The highest BCUT2D eigenvalue weighted by Gasteiger charge is 2.24. The van der Waals surface area contributed by atoms with Crippen molar-refractivity contribution in [2.75, 3.05) is 27.3 Å². The van der Waals surface area contributed by atoms with E-state index in [1.54, 1.807) is 18.2 Å². The first-order chi connectivity index (χ1) is 9.97. The van der Waals surface area contributed by atoms with Gasteiger partial charge in [-0.15, -0.1) is 6.58 Å². The second kappa shape index (κ2) is 8.05. The van der Waals surface area contributed by atoms with Crippen LogP contribution in [0.5, 0.6) is 11.5 Å². The van der Waals surface area contributed by atoms with Crippen molar-refractivity contribution < 1.29 is 17.9 Å². The molecular formula is C15H23NO4S. The zero-order chi connectivity index (χ0) is 15.9. The molecule has 0 saturated heterocycles. The van der Waals surface area contributed by atoms with E-state index in [9.17, 15) is 8.42 Å². The van der Waals surface area contributed by atoms with Crippen LogP contribution in [0.3, 0.4) is 0 Å². The summed E-state index contributed by atoms with van der Waals surface area (Å²) in [4.78, 5) is 0.142. The molecule has 0 saturated carbocycles. The first-order valence-electron chi connectivity index (χ1n) is 6.85. The summed E-state index contributed by atoms with van der Waals surface area (Å²) in [5.41, 5.74) is 0. The van der Waals surface area contributed by atoms with Crippen molar-refractivity contribution in [3.05, 3.63) is 30.9 Å². The first kappa shape index (κ1) is 17.5. The van der Waals surface area contributed by atoms with Crippen LogP contribution in [-0.2, 0) is 10.0 Å². The van der Waals surface area contributed by atoms with Crippen LogP contribution < -0.4 is 9.47 Å². The van der Waals surface area contributed by atoms with Gasteiger partial charge in [-0.1, -0.05) is 19.4 Å². The molecule has 0 spiro atoms. The number of unbranched alkanes of at least 4 members (excludes halogenated alkanes) is 1. The minimum Gasteiger partial charge on any atom is -0.497 e. The number of sulfonamides is 1. The summed E-state index contributed by atoms with van der Waals surface area (Å²) in [6.07, 6.45) is 3.38. The van der Waals surface area contributed by atoms with Crippen LogP contribution in [0.25, 0.3) is 0 Å². The standard InChI is InChI=1S/C15H23NO4S/c1-5-7-11-20-14-12-13(19-4)8-9-15(14)21(17,18)16(3)10-6-2/h6,8-9,12H,2,5,7,10-11H2,1,3-4H3. The van der Waals surface area contributed by atoms with Gasteiger partial charge in [0.15, 0.2) is 0 Å². The van der Waals surface area contributed by atoms with Crippen LogP contribution in [-0.4, -0.2) is 40.0 Å². The number of hydrogen-bond acceptors (Lipinski definition) is 4. The van der Waals surface area contributed by atoms with Crippen LogP contribution in [0.2, 0.25) is 0 Å². The highest BCUT2D eigenvalue weighted by molar-refractivity contribution is 7.89. The smallest absolute Gasteiger partial charge is 0.246 e. The van der Waals surface area contributed by atoms with E-state index in [-0.39, 0.29) is 11.4 Å². The fraction of sp³-hybridized carbons (Fsp3) is 0.467. The van der Waals surface area contributed by atoms with Crippen molar-refractivity contribution in [3.63, 3.8) is 0 Å². The number of methoxy groups -OCH3 is 1. The maximum Gasteiger partial charge on any atom is 0.246 e. The van der Waals surface area contributed by atoms with E-state index in [0.717, 1.165) is 12.8 Å². The maximum absolute atomic E-state index is 12.5. The first-order valence-corrected chi connectivity index (χ1v) is 8.29. The average Bonchev–Trinajstić information content (AvgIpc) is 2.47. The number of rotatable bonds is 9. The lowest BCUT2D eigenvalue weighted by Gasteiger charge is -2.18. The van der Waals surface area contributed by atoms with Crippen molar-refractivity contribution in [2.45, 2.75) is 24.7 Å². The Balaban J connectivity index is 3.17. The fourth-order valence-electron chi connectivity index (χ4n) is 1.72. The van der Waals surface area contributed by atoms with Crippen LogP contribution in [0.15, 0.2) is 35.7 Å². The third-order valence-corrected chi connectivity index (χ3v) is 4.84. The number of nitrogens with zero attached hydrogens (tertiary/aromatic N) is 1. The predicted octanol–water partition coefficient (Wildman–Crippen LogP) is 2.68. The van der Waals surface area contributed by atoms with Gasteiger partial charge in [0.2, 0.25) is 10.0 Å². The molecule has 21 heavy (non-hydrogen) atoms. The fourth-order valence-corrected chi connectivity index (χ4v) is 2.97. The van der Waals surface area contributed by atoms with Gasteiger partial charge in [0.25, 0.3) is 0 Å². The summed E-state index contributed by atoms with van der Waals surface area (Å²) < 4.78 is 37.1. The molecule has 0 N–H and O–H groups in total. The maximum atomic E-state index is 12.5. The summed E-state index contributed by atoms with van der Waals surface area (Å²) in [5, 5.41) is 0. The second-order valence-corrected chi connectivity index (χ2v) is 6.60. The third kappa shape index (κ3) is 4.47. The van der Waals surface area contributed by atoms with E-state index in [2.05, 4.69) is 6.58 Å². The lowest BCUT2D eigenvalue weighted by atomic mass is 10.3. The lowest BCUT2D eigenvalue weighted by molar-refractivity contribution is 0.298. The van der Waals surface area contributed by atoms with E-state index in [4.69, 9.17) is 9.47 Å². The van der Waals surface area contributed by atoms with E-state index in [1.807, 2.05) is 6.92 Å². The Morgan fingerprint density at radius 3 is 2.67 bits per heavy atom. The van der Waals surface area contributed by atoms with Crippen LogP contribution in [0.1, 0.15) is 19.8 Å². The summed E-state index contributed by atoms with van der Waals surface area (Å²) in [5.74, 6) is 0.880. The molecule has 1 rings (SSSR count). The molecule has 0 aromatic heterocycles. The summed E-state index contributed by atoms with van der Waals surface area (Å²) in [6, 6.07) is 4.72. The molecule has 0 bridgehead atoms. The molecule has 0 radical (unpaired) electrons. The van der Waals surface area contributed by atoms with E-state index < -0.39 is 10.0 Å². The van der Waals surface area contributed by atoms with Gasteiger partial charge >= 0.3 is 0 Å². The molecule has 1 aromatic rings. The van der Waals surface area contributed by atoms with E-state index in [1.165, 1.54) is 24.5 Å². The van der Waals surface area contributed by atoms with Crippen LogP contribution in [0, 0.1) is 0 Å². The number of ether oxygens (including phenoxy) is 2. The minimum atomic E-state index is -3.61. The van der Waals surface area contributed by atoms with Gasteiger partial charge in [-0.2, -0.15) is 4.31 Å². The molecule has 0 aliphatic heterocycles. The highest BCUT2D eigenvalue weighted by atomic mass is 32.2. The van der Waals surface area contributed by atoms with Crippen molar-refractivity contribution >= 4 is 10.0 Å². The Morgan fingerprint density at radius 2 is 2.10 bits per heavy atom. The molecule has 0 unspecified atom stereocenters.